The third-order valence-electron chi connectivity index (χ3n) is 1.97. The van der Waals surface area contributed by atoms with E-state index in [0.717, 1.165) is 0 Å². The first-order chi connectivity index (χ1) is 7.41. The molecule has 1 unspecified atom stereocenters. The van der Waals surface area contributed by atoms with E-state index in [1.807, 2.05) is 0 Å². The maximum Gasteiger partial charge on any atom is 0.221 e. The molecule has 1 aromatic carbocycles. The Labute approximate surface area is 98.8 Å². The van der Waals surface area contributed by atoms with Gasteiger partial charge in [-0.15, -0.1) is 0 Å². The summed E-state index contributed by atoms with van der Waals surface area (Å²) in [6, 6.07) is 4.05. The fraction of sp³-hybridized carbons (Fsp3) is 0.273. The first-order valence-electron chi connectivity index (χ1n) is 4.78. The first kappa shape index (κ1) is 12.7. The van der Waals surface area contributed by atoms with Crippen LogP contribution in [0.5, 0.6) is 0 Å². The highest BCUT2D eigenvalue weighted by atomic mass is 35.5. The van der Waals surface area contributed by atoms with E-state index in [1.165, 1.54) is 13.0 Å². The van der Waals surface area contributed by atoms with Gasteiger partial charge in [0.1, 0.15) is 0 Å². The van der Waals surface area contributed by atoms with Crippen molar-refractivity contribution in [1.29, 1.82) is 0 Å². The summed E-state index contributed by atoms with van der Waals surface area (Å²) >= 11 is 5.79. The summed E-state index contributed by atoms with van der Waals surface area (Å²) in [6.07, 6.45) is 0. The average molecular weight is 241 g/mol. The third-order valence-corrected chi connectivity index (χ3v) is 2.21. The van der Waals surface area contributed by atoms with Crippen LogP contribution in [-0.2, 0) is 4.79 Å². The number of rotatable bonds is 3. The Morgan fingerprint density at radius 2 is 2.06 bits per heavy atom. The number of amides is 1. The lowest BCUT2D eigenvalue weighted by Gasteiger charge is -2.11. The van der Waals surface area contributed by atoms with E-state index in [4.69, 9.17) is 17.3 Å². The standard InChI is InChI=1S/C11H13ClN2O2/c1-6(13)11(16)9-4-3-8(12)5-10(9)14-7(2)15/h3-6H,13H2,1-2H3,(H,14,15). The monoisotopic (exact) mass is 240 g/mol. The van der Waals surface area contributed by atoms with E-state index in [9.17, 15) is 9.59 Å². The molecule has 0 radical (unpaired) electrons. The molecule has 4 nitrogen and oxygen atoms in total. The van der Waals surface area contributed by atoms with Crippen LogP contribution in [0.2, 0.25) is 5.02 Å². The molecule has 0 aliphatic carbocycles. The Hall–Kier alpha value is -1.39. The molecule has 1 rings (SSSR count). The molecular formula is C11H13ClN2O2. The van der Waals surface area contributed by atoms with Crippen molar-refractivity contribution in [2.24, 2.45) is 5.73 Å². The number of carbonyl (C=O) groups excluding carboxylic acids is 2. The summed E-state index contributed by atoms with van der Waals surface area (Å²) in [4.78, 5) is 22.7. The summed E-state index contributed by atoms with van der Waals surface area (Å²) in [5, 5.41) is 3.00. The number of anilines is 1. The lowest BCUT2D eigenvalue weighted by Crippen LogP contribution is -2.27. The molecule has 86 valence electrons. The van der Waals surface area contributed by atoms with E-state index in [-0.39, 0.29) is 11.7 Å². The van der Waals surface area contributed by atoms with Gasteiger partial charge in [0, 0.05) is 17.5 Å². The molecule has 3 N–H and O–H groups in total. The van der Waals surface area contributed by atoms with Crippen molar-refractivity contribution in [1.82, 2.24) is 0 Å². The summed E-state index contributed by atoms with van der Waals surface area (Å²) < 4.78 is 0. The van der Waals surface area contributed by atoms with Gasteiger partial charge in [0.2, 0.25) is 5.91 Å². The van der Waals surface area contributed by atoms with Crippen LogP contribution in [0.4, 0.5) is 5.69 Å². The highest BCUT2D eigenvalue weighted by Gasteiger charge is 2.16. The molecule has 0 aliphatic heterocycles. The van der Waals surface area contributed by atoms with Gasteiger partial charge in [0.05, 0.1) is 11.7 Å². The Bertz CT molecular complexity index is 430. The number of carbonyl (C=O) groups is 2. The maximum absolute atomic E-state index is 11.7. The molecule has 1 atom stereocenters. The van der Waals surface area contributed by atoms with Crippen molar-refractivity contribution in [3.05, 3.63) is 28.8 Å². The molecule has 0 saturated heterocycles. The number of halogens is 1. The van der Waals surface area contributed by atoms with Crippen molar-refractivity contribution >= 4 is 29.0 Å². The lowest BCUT2D eigenvalue weighted by molar-refractivity contribution is -0.114. The van der Waals surface area contributed by atoms with Crippen LogP contribution in [0.1, 0.15) is 24.2 Å². The van der Waals surface area contributed by atoms with Crippen molar-refractivity contribution < 1.29 is 9.59 Å². The van der Waals surface area contributed by atoms with Crippen molar-refractivity contribution in [2.45, 2.75) is 19.9 Å². The lowest BCUT2D eigenvalue weighted by atomic mass is 10.0. The van der Waals surface area contributed by atoms with Crippen LogP contribution >= 0.6 is 11.6 Å². The minimum atomic E-state index is -0.617. The quantitative estimate of drug-likeness (QED) is 0.792. The number of hydrogen-bond acceptors (Lipinski definition) is 3. The molecule has 1 aromatic rings. The highest BCUT2D eigenvalue weighted by molar-refractivity contribution is 6.31. The molecule has 0 aromatic heterocycles. The van der Waals surface area contributed by atoms with E-state index in [1.54, 1.807) is 19.1 Å². The summed E-state index contributed by atoms with van der Waals surface area (Å²) in [6.45, 7) is 2.95. The van der Waals surface area contributed by atoms with Crippen molar-refractivity contribution in [2.75, 3.05) is 5.32 Å². The van der Waals surface area contributed by atoms with E-state index >= 15 is 0 Å². The zero-order chi connectivity index (χ0) is 12.3. The van der Waals surface area contributed by atoms with Crippen LogP contribution in [0, 0.1) is 0 Å². The van der Waals surface area contributed by atoms with Gasteiger partial charge < -0.3 is 11.1 Å². The Balaban J connectivity index is 3.17. The topological polar surface area (TPSA) is 72.2 Å². The van der Waals surface area contributed by atoms with Gasteiger partial charge in [0.25, 0.3) is 0 Å². The number of nitrogens with two attached hydrogens (primary N) is 1. The van der Waals surface area contributed by atoms with Gasteiger partial charge in [0.15, 0.2) is 5.78 Å². The molecule has 1 amide bonds. The van der Waals surface area contributed by atoms with E-state index in [2.05, 4.69) is 5.32 Å². The van der Waals surface area contributed by atoms with Crippen molar-refractivity contribution in [3.63, 3.8) is 0 Å². The summed E-state index contributed by atoms with van der Waals surface area (Å²) in [5.41, 5.74) is 6.27. The first-order valence-corrected chi connectivity index (χ1v) is 5.16. The second kappa shape index (κ2) is 5.09. The van der Waals surface area contributed by atoms with Gasteiger partial charge >= 0.3 is 0 Å². The Kier molecular flexibility index (Phi) is 4.04. The Morgan fingerprint density at radius 1 is 1.44 bits per heavy atom. The fourth-order valence-corrected chi connectivity index (χ4v) is 1.44. The zero-order valence-corrected chi connectivity index (χ0v) is 9.84. The number of hydrogen-bond donors (Lipinski definition) is 2. The normalized spacial score (nSPS) is 12.0. The molecule has 0 saturated carbocycles. The third kappa shape index (κ3) is 3.05. The zero-order valence-electron chi connectivity index (χ0n) is 9.08. The summed E-state index contributed by atoms with van der Waals surface area (Å²) in [7, 11) is 0. The average Bonchev–Trinajstić information content (AvgIpc) is 2.15. The number of nitrogens with one attached hydrogen (secondary N) is 1. The van der Waals surface area contributed by atoms with Crippen LogP contribution in [0.15, 0.2) is 18.2 Å². The second-order valence-corrected chi connectivity index (χ2v) is 3.96. The van der Waals surface area contributed by atoms with E-state index < -0.39 is 6.04 Å². The molecule has 0 aliphatic rings. The smallest absolute Gasteiger partial charge is 0.221 e. The fourth-order valence-electron chi connectivity index (χ4n) is 1.27. The van der Waals surface area contributed by atoms with Gasteiger partial charge in [-0.3, -0.25) is 9.59 Å². The van der Waals surface area contributed by atoms with E-state index in [0.29, 0.717) is 16.3 Å². The highest BCUT2D eigenvalue weighted by Crippen LogP contribution is 2.22. The molecule has 0 spiro atoms. The Morgan fingerprint density at radius 3 is 2.56 bits per heavy atom. The predicted molar refractivity (Wildman–Crippen MR) is 63.7 cm³/mol. The number of benzene rings is 1. The number of Topliss-reactive ketones (excluding diaryl/α,β-unsaturated/α-hetero) is 1. The van der Waals surface area contributed by atoms with Crippen LogP contribution in [-0.4, -0.2) is 17.7 Å². The van der Waals surface area contributed by atoms with Gasteiger partial charge in [-0.25, -0.2) is 0 Å². The van der Waals surface area contributed by atoms with Crippen LogP contribution in [0.3, 0.4) is 0 Å². The maximum atomic E-state index is 11.7. The van der Waals surface area contributed by atoms with Crippen LogP contribution < -0.4 is 11.1 Å². The largest absolute Gasteiger partial charge is 0.326 e. The van der Waals surface area contributed by atoms with Crippen LogP contribution in [0.25, 0.3) is 0 Å². The molecular weight excluding hydrogens is 228 g/mol. The summed E-state index contributed by atoms with van der Waals surface area (Å²) in [5.74, 6) is -0.499. The molecule has 0 heterocycles. The van der Waals surface area contributed by atoms with Crippen molar-refractivity contribution in [3.8, 4) is 0 Å². The molecule has 0 fully saturated rings. The molecule has 0 bridgehead atoms. The van der Waals surface area contributed by atoms with Gasteiger partial charge in [-0.1, -0.05) is 11.6 Å². The molecule has 16 heavy (non-hydrogen) atoms. The minimum absolute atomic E-state index is 0.236. The van der Waals surface area contributed by atoms with Gasteiger partial charge in [-0.05, 0) is 25.1 Å². The predicted octanol–water partition coefficient (Wildman–Crippen LogP) is 1.83. The van der Waals surface area contributed by atoms with Gasteiger partial charge in [-0.2, -0.15) is 0 Å². The SMILES string of the molecule is CC(=O)Nc1cc(Cl)ccc1C(=O)C(C)N. The minimum Gasteiger partial charge on any atom is -0.326 e. The number of ketones is 1. The molecule has 5 heteroatoms. The second-order valence-electron chi connectivity index (χ2n) is 3.52.